The Morgan fingerprint density at radius 3 is 2.10 bits per heavy atom. The summed E-state index contributed by atoms with van der Waals surface area (Å²) in [6.45, 7) is 6.95. The number of aromatic nitrogens is 1. The van der Waals surface area contributed by atoms with Crippen molar-refractivity contribution in [1.29, 1.82) is 0 Å². The van der Waals surface area contributed by atoms with E-state index in [1.54, 1.807) is 0 Å². The summed E-state index contributed by atoms with van der Waals surface area (Å²) in [4.78, 5) is 5.22. The summed E-state index contributed by atoms with van der Waals surface area (Å²) in [5.41, 5.74) is 12.5. The van der Waals surface area contributed by atoms with Crippen LogP contribution < -0.4 is 0 Å². The first kappa shape index (κ1) is 23.2. The molecule has 0 fully saturated rings. The Labute approximate surface area is 234 Å². The third kappa shape index (κ3) is 3.24. The van der Waals surface area contributed by atoms with Crippen molar-refractivity contribution in [2.24, 2.45) is 0 Å². The van der Waals surface area contributed by atoms with Crippen LogP contribution in [-0.2, 0) is 5.41 Å². The number of benzene rings is 6. The lowest BCUT2D eigenvalue weighted by Gasteiger charge is -2.23. The molecule has 0 amide bonds. The molecule has 0 aliphatic heterocycles. The third-order valence-corrected chi connectivity index (χ3v) is 8.83. The zero-order valence-corrected chi connectivity index (χ0v) is 23.0. The van der Waals surface area contributed by atoms with Crippen LogP contribution in [0.2, 0.25) is 0 Å². The van der Waals surface area contributed by atoms with Crippen molar-refractivity contribution in [3.8, 4) is 33.5 Å². The Bertz CT molecular complexity index is 2150. The van der Waals surface area contributed by atoms with Gasteiger partial charge in [-0.2, -0.15) is 0 Å². The van der Waals surface area contributed by atoms with Crippen LogP contribution in [0.25, 0.3) is 66.0 Å². The first-order chi connectivity index (χ1) is 19.5. The van der Waals surface area contributed by atoms with Crippen molar-refractivity contribution < 1.29 is 0 Å². The molecule has 1 aliphatic carbocycles. The van der Waals surface area contributed by atoms with Gasteiger partial charge >= 0.3 is 0 Å². The molecule has 0 N–H and O–H groups in total. The number of rotatable bonds is 2. The molecular weight excluding hydrogens is 482 g/mol. The Kier molecular flexibility index (Phi) is 4.85. The zero-order valence-electron chi connectivity index (χ0n) is 23.0. The number of fused-ring (bicyclic) bond motifs is 8. The lowest BCUT2D eigenvalue weighted by atomic mass is 9.80. The van der Waals surface area contributed by atoms with Gasteiger partial charge in [0, 0.05) is 21.8 Å². The third-order valence-electron chi connectivity index (χ3n) is 8.83. The van der Waals surface area contributed by atoms with Crippen LogP contribution in [0.15, 0.2) is 121 Å². The summed E-state index contributed by atoms with van der Waals surface area (Å²) in [6.07, 6.45) is 0. The molecule has 40 heavy (non-hydrogen) atoms. The average molecular weight is 512 g/mol. The van der Waals surface area contributed by atoms with Gasteiger partial charge in [-0.3, -0.25) is 0 Å². The Morgan fingerprint density at radius 2 is 1.25 bits per heavy atom. The van der Waals surface area contributed by atoms with Crippen LogP contribution in [0.5, 0.6) is 0 Å². The van der Waals surface area contributed by atoms with E-state index in [4.69, 9.17) is 4.98 Å². The fourth-order valence-electron chi connectivity index (χ4n) is 7.09. The van der Waals surface area contributed by atoms with Gasteiger partial charge in [0.25, 0.3) is 0 Å². The number of hydrogen-bond acceptors (Lipinski definition) is 1. The quantitative estimate of drug-likeness (QED) is 0.210. The van der Waals surface area contributed by atoms with E-state index in [0.29, 0.717) is 0 Å². The van der Waals surface area contributed by atoms with Crippen LogP contribution in [0.4, 0.5) is 0 Å². The predicted octanol–water partition coefficient (Wildman–Crippen LogP) is 10.5. The lowest BCUT2D eigenvalue weighted by Crippen LogP contribution is -2.15. The van der Waals surface area contributed by atoms with Crippen LogP contribution >= 0.6 is 0 Å². The van der Waals surface area contributed by atoms with Crippen LogP contribution in [-0.4, -0.2) is 4.98 Å². The minimum Gasteiger partial charge on any atom is -0.247 e. The summed E-state index contributed by atoms with van der Waals surface area (Å²) >= 11 is 0. The fourth-order valence-corrected chi connectivity index (χ4v) is 7.09. The second-order valence-electron chi connectivity index (χ2n) is 11.7. The molecule has 0 atom stereocenters. The molecule has 0 saturated heterocycles. The second kappa shape index (κ2) is 8.37. The maximum absolute atomic E-state index is 5.22. The summed E-state index contributed by atoms with van der Waals surface area (Å²) in [5, 5.41) is 6.28. The number of nitrogens with zero attached hydrogens (tertiary/aromatic N) is 1. The van der Waals surface area contributed by atoms with E-state index in [2.05, 4.69) is 142 Å². The number of para-hydroxylation sites is 1. The molecule has 7 aromatic rings. The van der Waals surface area contributed by atoms with Crippen LogP contribution in [0.1, 0.15) is 30.5 Å². The number of pyridine rings is 1. The normalized spacial score (nSPS) is 13.6. The van der Waals surface area contributed by atoms with E-state index in [9.17, 15) is 0 Å². The molecule has 1 heteroatoms. The molecule has 1 aliphatic rings. The first-order valence-electron chi connectivity index (χ1n) is 14.1. The highest BCUT2D eigenvalue weighted by molar-refractivity contribution is 6.11. The smallest absolute Gasteiger partial charge is 0.0788 e. The van der Waals surface area contributed by atoms with E-state index in [0.717, 1.165) is 16.8 Å². The molecule has 0 spiro atoms. The summed E-state index contributed by atoms with van der Waals surface area (Å²) < 4.78 is 0. The molecule has 1 heterocycles. The molecule has 1 aromatic heterocycles. The highest BCUT2D eigenvalue weighted by Gasteiger charge is 2.38. The van der Waals surface area contributed by atoms with Crippen molar-refractivity contribution in [2.75, 3.05) is 0 Å². The molecule has 190 valence electrons. The van der Waals surface area contributed by atoms with Crippen molar-refractivity contribution in [1.82, 2.24) is 4.98 Å². The summed E-state index contributed by atoms with van der Waals surface area (Å²) in [6, 6.07) is 44.3. The number of hydrogen-bond donors (Lipinski definition) is 0. The first-order valence-corrected chi connectivity index (χ1v) is 14.1. The van der Waals surface area contributed by atoms with Gasteiger partial charge in [0.2, 0.25) is 0 Å². The molecule has 0 radical (unpaired) electrons. The van der Waals surface area contributed by atoms with Crippen molar-refractivity contribution >= 4 is 32.4 Å². The van der Waals surface area contributed by atoms with E-state index in [-0.39, 0.29) is 5.41 Å². The summed E-state index contributed by atoms with van der Waals surface area (Å²) in [7, 11) is 0. The molecule has 1 nitrogen and oxygen atoms in total. The van der Waals surface area contributed by atoms with Gasteiger partial charge in [-0.25, -0.2) is 4.98 Å². The minimum absolute atomic E-state index is 0.0791. The Morgan fingerprint density at radius 1 is 0.550 bits per heavy atom. The van der Waals surface area contributed by atoms with Gasteiger partial charge in [0.15, 0.2) is 0 Å². The second-order valence-corrected chi connectivity index (χ2v) is 11.7. The highest BCUT2D eigenvalue weighted by atomic mass is 14.7. The van der Waals surface area contributed by atoms with E-state index in [1.165, 1.54) is 65.9 Å². The minimum atomic E-state index is -0.0791. The van der Waals surface area contributed by atoms with Crippen LogP contribution in [0.3, 0.4) is 0 Å². The van der Waals surface area contributed by atoms with Gasteiger partial charge in [-0.1, -0.05) is 117 Å². The topological polar surface area (TPSA) is 12.9 Å². The standard InChI is InChI=1S/C39H29N/c1-24-21-26(23-27(22-24)38-32-15-7-6-13-30(32)31-14-8-9-18-35(31)40-38)28-16-10-17-34-36(28)33-20-19-25-11-4-5-12-29(25)37(33)39(34,2)3/h4-23H,1-3H3. The molecule has 6 aromatic carbocycles. The van der Waals surface area contributed by atoms with Crippen molar-refractivity contribution in [2.45, 2.75) is 26.2 Å². The molecule has 0 saturated carbocycles. The average Bonchev–Trinajstić information content (AvgIpc) is 3.23. The Hall–Kier alpha value is -4.75. The van der Waals surface area contributed by atoms with Gasteiger partial charge < -0.3 is 0 Å². The van der Waals surface area contributed by atoms with Gasteiger partial charge in [-0.05, 0) is 80.2 Å². The van der Waals surface area contributed by atoms with Gasteiger partial charge in [0.1, 0.15) is 0 Å². The van der Waals surface area contributed by atoms with E-state index < -0.39 is 0 Å². The number of aryl methyl sites for hydroxylation is 1. The molecule has 0 bridgehead atoms. The Balaban J connectivity index is 1.39. The fraction of sp³-hybridized carbons (Fsp3) is 0.103. The maximum Gasteiger partial charge on any atom is 0.0788 e. The maximum atomic E-state index is 5.22. The van der Waals surface area contributed by atoms with E-state index in [1.807, 2.05) is 0 Å². The monoisotopic (exact) mass is 511 g/mol. The van der Waals surface area contributed by atoms with Crippen LogP contribution in [0, 0.1) is 6.92 Å². The van der Waals surface area contributed by atoms with Crippen molar-refractivity contribution in [3.05, 3.63) is 138 Å². The molecular formula is C39H29N. The zero-order chi connectivity index (χ0) is 27.0. The molecule has 8 rings (SSSR count). The molecule has 0 unspecified atom stereocenters. The lowest BCUT2D eigenvalue weighted by molar-refractivity contribution is 0.666. The predicted molar refractivity (Wildman–Crippen MR) is 170 cm³/mol. The van der Waals surface area contributed by atoms with E-state index >= 15 is 0 Å². The highest BCUT2D eigenvalue weighted by Crippen LogP contribution is 2.54. The van der Waals surface area contributed by atoms with Gasteiger partial charge in [-0.15, -0.1) is 0 Å². The SMILES string of the molecule is Cc1cc(-c2cccc3c2-c2ccc4ccccc4c2C3(C)C)cc(-c2nc3ccccc3c3ccccc23)c1. The van der Waals surface area contributed by atoms with Crippen molar-refractivity contribution in [3.63, 3.8) is 0 Å². The summed E-state index contributed by atoms with van der Waals surface area (Å²) in [5.74, 6) is 0. The van der Waals surface area contributed by atoms with Gasteiger partial charge in [0.05, 0.1) is 11.2 Å². The largest absolute Gasteiger partial charge is 0.247 e.